The number of benzene rings is 1. The average Bonchev–Trinajstić information content (AvgIpc) is 2.26. The molecule has 0 spiro atoms. The summed E-state index contributed by atoms with van der Waals surface area (Å²) in [6, 6.07) is 2.58. The topological polar surface area (TPSA) is 64.7 Å². The molecule has 1 aromatic rings. The zero-order chi connectivity index (χ0) is 11.4. The summed E-state index contributed by atoms with van der Waals surface area (Å²) in [5.74, 6) is 1.04. The fourth-order valence-electron chi connectivity index (χ4n) is 1.37. The van der Waals surface area contributed by atoms with Crippen molar-refractivity contribution in [2.45, 2.75) is 6.04 Å². The minimum absolute atomic E-state index is 0. The first-order chi connectivity index (χ1) is 7.13. The molecule has 90 valence electrons. The number of aromatic hydroxyl groups is 1. The number of phenols is 1. The Bertz CT molecular complexity index is 343. The van der Waals surface area contributed by atoms with Crippen molar-refractivity contribution >= 4 is 12.4 Å². The largest absolute Gasteiger partial charge is 0.508 e. The van der Waals surface area contributed by atoms with Gasteiger partial charge in [0.1, 0.15) is 17.2 Å². The summed E-state index contributed by atoms with van der Waals surface area (Å²) in [6.07, 6.45) is 1.58. The SMILES string of the molecule is C=C[C@@H](N)c1c(OC)cc(O)cc1OC.Cl. The number of phenolic OH excluding ortho intramolecular Hbond substituents is 1. The Hall–Kier alpha value is -1.39. The van der Waals surface area contributed by atoms with Crippen molar-refractivity contribution in [1.29, 1.82) is 0 Å². The first-order valence-electron chi connectivity index (χ1n) is 4.47. The predicted molar refractivity (Wildman–Crippen MR) is 65.6 cm³/mol. The van der Waals surface area contributed by atoms with Crippen molar-refractivity contribution in [1.82, 2.24) is 0 Å². The summed E-state index contributed by atoms with van der Waals surface area (Å²) in [7, 11) is 3.01. The Morgan fingerprint density at radius 3 is 2.06 bits per heavy atom. The molecule has 5 heteroatoms. The second-order valence-electron chi connectivity index (χ2n) is 3.03. The molecule has 0 aliphatic rings. The first-order valence-corrected chi connectivity index (χ1v) is 4.47. The van der Waals surface area contributed by atoms with Crippen LogP contribution in [-0.2, 0) is 0 Å². The lowest BCUT2D eigenvalue weighted by Gasteiger charge is -2.16. The molecule has 0 saturated carbocycles. The van der Waals surface area contributed by atoms with Crippen LogP contribution in [0.3, 0.4) is 0 Å². The molecule has 0 unspecified atom stereocenters. The smallest absolute Gasteiger partial charge is 0.131 e. The Kier molecular flexibility index (Phi) is 5.71. The molecule has 1 atom stereocenters. The maximum Gasteiger partial charge on any atom is 0.131 e. The molecule has 0 radical (unpaired) electrons. The summed E-state index contributed by atoms with van der Waals surface area (Å²) >= 11 is 0. The zero-order valence-electron chi connectivity index (χ0n) is 9.27. The molecule has 0 bridgehead atoms. The number of hydrogen-bond acceptors (Lipinski definition) is 4. The summed E-state index contributed by atoms with van der Waals surface area (Å²) in [5.41, 5.74) is 6.51. The minimum atomic E-state index is -0.393. The molecule has 16 heavy (non-hydrogen) atoms. The highest BCUT2D eigenvalue weighted by Gasteiger charge is 2.16. The quantitative estimate of drug-likeness (QED) is 0.797. The molecule has 0 aliphatic heterocycles. The maximum atomic E-state index is 9.41. The van der Waals surface area contributed by atoms with E-state index in [4.69, 9.17) is 15.2 Å². The molecule has 0 heterocycles. The van der Waals surface area contributed by atoms with Gasteiger partial charge in [-0.2, -0.15) is 0 Å². The van der Waals surface area contributed by atoms with E-state index < -0.39 is 6.04 Å². The van der Waals surface area contributed by atoms with E-state index >= 15 is 0 Å². The third-order valence-electron chi connectivity index (χ3n) is 2.12. The van der Waals surface area contributed by atoms with Crippen LogP contribution in [0.1, 0.15) is 11.6 Å². The van der Waals surface area contributed by atoms with Crippen LogP contribution in [-0.4, -0.2) is 19.3 Å². The second kappa shape index (κ2) is 6.25. The van der Waals surface area contributed by atoms with E-state index in [2.05, 4.69) is 6.58 Å². The highest BCUT2D eigenvalue weighted by atomic mass is 35.5. The van der Waals surface area contributed by atoms with Crippen LogP contribution in [0.4, 0.5) is 0 Å². The van der Waals surface area contributed by atoms with Crippen LogP contribution in [0.15, 0.2) is 24.8 Å². The Labute approximate surface area is 101 Å². The normalized spacial score (nSPS) is 11.2. The summed E-state index contributed by atoms with van der Waals surface area (Å²) in [5, 5.41) is 9.41. The van der Waals surface area contributed by atoms with Gasteiger partial charge < -0.3 is 20.3 Å². The Morgan fingerprint density at radius 1 is 1.31 bits per heavy atom. The van der Waals surface area contributed by atoms with Gasteiger partial charge in [0.2, 0.25) is 0 Å². The van der Waals surface area contributed by atoms with Crippen molar-refractivity contribution < 1.29 is 14.6 Å². The van der Waals surface area contributed by atoms with Gasteiger partial charge in [-0.1, -0.05) is 6.08 Å². The van der Waals surface area contributed by atoms with E-state index in [1.165, 1.54) is 26.4 Å². The van der Waals surface area contributed by atoms with Crippen molar-refractivity contribution in [2.24, 2.45) is 5.73 Å². The molecule has 1 aromatic carbocycles. The number of ether oxygens (including phenoxy) is 2. The van der Waals surface area contributed by atoms with Crippen LogP contribution in [0, 0.1) is 0 Å². The molecule has 1 rings (SSSR count). The van der Waals surface area contributed by atoms with Gasteiger partial charge in [0, 0.05) is 12.1 Å². The molecular weight excluding hydrogens is 230 g/mol. The van der Waals surface area contributed by atoms with Gasteiger partial charge in [0.05, 0.1) is 25.8 Å². The van der Waals surface area contributed by atoms with E-state index in [1.807, 2.05) is 0 Å². The van der Waals surface area contributed by atoms with E-state index in [1.54, 1.807) is 6.08 Å². The van der Waals surface area contributed by atoms with E-state index in [0.717, 1.165) is 0 Å². The van der Waals surface area contributed by atoms with Gasteiger partial charge >= 0.3 is 0 Å². The number of halogens is 1. The number of hydrogen-bond donors (Lipinski definition) is 2. The molecule has 4 nitrogen and oxygen atoms in total. The predicted octanol–water partition coefficient (Wildman–Crippen LogP) is 2.02. The lowest BCUT2D eigenvalue weighted by atomic mass is 10.0. The van der Waals surface area contributed by atoms with Crippen LogP contribution in [0.5, 0.6) is 17.2 Å². The van der Waals surface area contributed by atoms with Crippen molar-refractivity contribution in [2.75, 3.05) is 14.2 Å². The zero-order valence-corrected chi connectivity index (χ0v) is 10.1. The molecule has 0 aliphatic carbocycles. The highest BCUT2D eigenvalue weighted by molar-refractivity contribution is 5.85. The Morgan fingerprint density at radius 2 is 1.75 bits per heavy atom. The van der Waals surface area contributed by atoms with Crippen LogP contribution < -0.4 is 15.2 Å². The van der Waals surface area contributed by atoms with Gasteiger partial charge in [0.15, 0.2) is 0 Å². The number of rotatable bonds is 4. The lowest BCUT2D eigenvalue weighted by molar-refractivity contribution is 0.374. The molecule has 0 amide bonds. The van der Waals surface area contributed by atoms with Gasteiger partial charge in [-0.05, 0) is 0 Å². The van der Waals surface area contributed by atoms with Gasteiger partial charge in [-0.3, -0.25) is 0 Å². The summed E-state index contributed by atoms with van der Waals surface area (Å²) in [4.78, 5) is 0. The van der Waals surface area contributed by atoms with Crippen molar-refractivity contribution in [3.63, 3.8) is 0 Å². The van der Waals surface area contributed by atoms with Gasteiger partial charge in [0.25, 0.3) is 0 Å². The third-order valence-corrected chi connectivity index (χ3v) is 2.12. The standard InChI is InChI=1S/C11H15NO3.ClH/c1-4-8(12)11-9(14-2)5-7(13)6-10(11)15-3;/h4-6,8,13H,1,12H2,2-3H3;1H/t8-;/m1./s1. The fourth-order valence-corrected chi connectivity index (χ4v) is 1.37. The highest BCUT2D eigenvalue weighted by Crippen LogP contribution is 2.37. The fraction of sp³-hybridized carbons (Fsp3) is 0.273. The maximum absolute atomic E-state index is 9.41. The minimum Gasteiger partial charge on any atom is -0.508 e. The van der Waals surface area contributed by atoms with Crippen molar-refractivity contribution in [3.8, 4) is 17.2 Å². The molecule has 0 saturated heterocycles. The van der Waals surface area contributed by atoms with Crippen LogP contribution in [0.2, 0.25) is 0 Å². The molecule has 0 fully saturated rings. The molecule has 0 aromatic heterocycles. The van der Waals surface area contributed by atoms with Crippen LogP contribution >= 0.6 is 12.4 Å². The third kappa shape index (κ3) is 2.81. The molecule has 3 N–H and O–H groups in total. The number of nitrogens with two attached hydrogens (primary N) is 1. The Balaban J connectivity index is 0.00000225. The number of methoxy groups -OCH3 is 2. The van der Waals surface area contributed by atoms with Gasteiger partial charge in [-0.15, -0.1) is 19.0 Å². The first kappa shape index (κ1) is 14.6. The average molecular weight is 246 g/mol. The monoisotopic (exact) mass is 245 g/mol. The summed E-state index contributed by atoms with van der Waals surface area (Å²) < 4.78 is 10.2. The van der Waals surface area contributed by atoms with Crippen molar-refractivity contribution in [3.05, 3.63) is 30.4 Å². The second-order valence-corrected chi connectivity index (χ2v) is 3.03. The van der Waals surface area contributed by atoms with Gasteiger partial charge in [-0.25, -0.2) is 0 Å². The lowest BCUT2D eigenvalue weighted by Crippen LogP contribution is -2.10. The van der Waals surface area contributed by atoms with E-state index in [-0.39, 0.29) is 18.2 Å². The summed E-state index contributed by atoms with van der Waals surface area (Å²) in [6.45, 7) is 3.61. The van der Waals surface area contributed by atoms with E-state index in [0.29, 0.717) is 17.1 Å². The van der Waals surface area contributed by atoms with E-state index in [9.17, 15) is 5.11 Å². The molecular formula is C11H16ClNO3. The van der Waals surface area contributed by atoms with Crippen LogP contribution in [0.25, 0.3) is 0 Å².